The van der Waals surface area contributed by atoms with Crippen molar-refractivity contribution in [2.75, 3.05) is 5.73 Å². The highest BCUT2D eigenvalue weighted by molar-refractivity contribution is 5.38. The summed E-state index contributed by atoms with van der Waals surface area (Å²) in [5.74, 6) is 0.979. The summed E-state index contributed by atoms with van der Waals surface area (Å²) in [6, 6.07) is 6.32. The first-order chi connectivity index (χ1) is 9.49. The predicted molar refractivity (Wildman–Crippen MR) is 82.0 cm³/mol. The van der Waals surface area contributed by atoms with E-state index in [2.05, 4.69) is 42.0 Å². The molecule has 0 amide bonds. The molecule has 1 aromatic carbocycles. The van der Waals surface area contributed by atoms with Crippen molar-refractivity contribution in [3.8, 4) is 0 Å². The zero-order valence-corrected chi connectivity index (χ0v) is 12.3. The first kappa shape index (κ1) is 14.3. The molecule has 106 valence electrons. The normalized spacial score (nSPS) is 10.8. The van der Waals surface area contributed by atoms with Crippen LogP contribution in [0.1, 0.15) is 41.4 Å². The van der Waals surface area contributed by atoms with Crippen LogP contribution in [0.25, 0.3) is 0 Å². The number of rotatable bonds is 4. The van der Waals surface area contributed by atoms with Crippen molar-refractivity contribution >= 4 is 5.82 Å². The largest absolute Gasteiger partial charge is 0.383 e. The van der Waals surface area contributed by atoms with E-state index in [1.807, 2.05) is 6.92 Å². The average molecular weight is 271 g/mol. The molecule has 0 radical (unpaired) electrons. The van der Waals surface area contributed by atoms with Gasteiger partial charge in [-0.15, -0.1) is 0 Å². The number of nitrogens with zero attached hydrogens (tertiary/aromatic N) is 1. The highest BCUT2D eigenvalue weighted by atomic mass is 16.1. The monoisotopic (exact) mass is 271 g/mol. The summed E-state index contributed by atoms with van der Waals surface area (Å²) in [6.07, 6.45) is 2.14. The van der Waals surface area contributed by atoms with E-state index in [9.17, 15) is 4.79 Å². The molecule has 20 heavy (non-hydrogen) atoms. The molecule has 0 saturated heterocycles. The molecule has 0 bridgehead atoms. The van der Waals surface area contributed by atoms with Gasteiger partial charge in [-0.1, -0.05) is 42.7 Å². The Hall–Kier alpha value is -2.10. The van der Waals surface area contributed by atoms with Gasteiger partial charge in [0.15, 0.2) is 0 Å². The number of nitrogens with two attached hydrogens (primary N) is 1. The molecule has 3 N–H and O–H groups in total. The number of aromatic nitrogens is 2. The number of H-pyrrole nitrogens is 1. The van der Waals surface area contributed by atoms with Crippen LogP contribution in [0, 0.1) is 13.8 Å². The van der Waals surface area contributed by atoms with E-state index in [1.54, 1.807) is 0 Å². The van der Waals surface area contributed by atoms with Gasteiger partial charge in [-0.25, -0.2) is 4.98 Å². The lowest BCUT2D eigenvalue weighted by atomic mass is 10.0. The number of aryl methyl sites for hydroxylation is 2. The quantitative estimate of drug-likeness (QED) is 0.897. The summed E-state index contributed by atoms with van der Waals surface area (Å²) in [5, 5.41) is 0. The fourth-order valence-electron chi connectivity index (χ4n) is 2.50. The molecule has 0 aliphatic carbocycles. The van der Waals surface area contributed by atoms with Crippen molar-refractivity contribution < 1.29 is 0 Å². The highest BCUT2D eigenvalue weighted by Crippen LogP contribution is 2.13. The minimum Gasteiger partial charge on any atom is -0.383 e. The maximum atomic E-state index is 12.0. The number of benzene rings is 1. The summed E-state index contributed by atoms with van der Waals surface area (Å²) < 4.78 is 0. The Kier molecular flexibility index (Phi) is 4.23. The minimum atomic E-state index is -0.112. The van der Waals surface area contributed by atoms with E-state index >= 15 is 0 Å². The number of nitrogens with one attached hydrogen (secondary N) is 1. The van der Waals surface area contributed by atoms with Gasteiger partial charge in [0, 0.05) is 6.42 Å². The predicted octanol–water partition coefficient (Wildman–Crippen LogP) is 2.51. The molecule has 4 nitrogen and oxygen atoms in total. The van der Waals surface area contributed by atoms with E-state index in [0.29, 0.717) is 30.0 Å². The molecule has 0 atom stereocenters. The van der Waals surface area contributed by atoms with Crippen LogP contribution in [0.4, 0.5) is 5.82 Å². The fourth-order valence-corrected chi connectivity index (χ4v) is 2.50. The molecule has 1 heterocycles. The third kappa shape index (κ3) is 3.26. The topological polar surface area (TPSA) is 71.8 Å². The van der Waals surface area contributed by atoms with Crippen LogP contribution in [-0.4, -0.2) is 9.97 Å². The second-order valence-electron chi connectivity index (χ2n) is 5.30. The fraction of sp³-hybridized carbons (Fsp3) is 0.375. The van der Waals surface area contributed by atoms with Crippen molar-refractivity contribution in [2.24, 2.45) is 0 Å². The zero-order chi connectivity index (χ0) is 14.7. The molecule has 2 aromatic rings. The zero-order valence-electron chi connectivity index (χ0n) is 12.3. The van der Waals surface area contributed by atoms with E-state index < -0.39 is 0 Å². The SMILES string of the molecule is CCCc1c(N)nc(Cc2cc(C)cc(C)c2)[nH]c1=O. The van der Waals surface area contributed by atoms with Gasteiger partial charge in [-0.3, -0.25) is 4.79 Å². The molecule has 0 spiro atoms. The van der Waals surface area contributed by atoms with Gasteiger partial charge in [0.1, 0.15) is 11.6 Å². The van der Waals surface area contributed by atoms with E-state index in [1.165, 1.54) is 11.1 Å². The van der Waals surface area contributed by atoms with Crippen molar-refractivity contribution in [1.82, 2.24) is 9.97 Å². The number of anilines is 1. The van der Waals surface area contributed by atoms with Gasteiger partial charge >= 0.3 is 0 Å². The third-order valence-corrected chi connectivity index (χ3v) is 3.25. The first-order valence-electron chi connectivity index (χ1n) is 6.94. The van der Waals surface area contributed by atoms with Gasteiger partial charge in [-0.2, -0.15) is 0 Å². The van der Waals surface area contributed by atoms with E-state index in [-0.39, 0.29) is 5.56 Å². The van der Waals surface area contributed by atoms with Crippen molar-refractivity contribution in [1.29, 1.82) is 0 Å². The van der Waals surface area contributed by atoms with Crippen molar-refractivity contribution in [3.05, 3.63) is 56.6 Å². The molecule has 4 heteroatoms. The van der Waals surface area contributed by atoms with Crippen LogP contribution in [0.5, 0.6) is 0 Å². The van der Waals surface area contributed by atoms with Gasteiger partial charge in [0.05, 0.1) is 5.56 Å². The molecule has 0 aliphatic heterocycles. The Morgan fingerprint density at radius 1 is 1.20 bits per heavy atom. The summed E-state index contributed by atoms with van der Waals surface area (Å²) in [6.45, 7) is 6.14. The van der Waals surface area contributed by atoms with Crippen LogP contribution in [0.2, 0.25) is 0 Å². The molecule has 0 aliphatic rings. The Morgan fingerprint density at radius 3 is 2.40 bits per heavy atom. The Balaban J connectivity index is 2.32. The summed E-state index contributed by atoms with van der Waals surface area (Å²) in [7, 11) is 0. The molecular weight excluding hydrogens is 250 g/mol. The van der Waals surface area contributed by atoms with Crippen LogP contribution in [0.3, 0.4) is 0 Å². The number of hydrogen-bond donors (Lipinski definition) is 2. The van der Waals surface area contributed by atoms with Gasteiger partial charge in [0.25, 0.3) is 5.56 Å². The van der Waals surface area contributed by atoms with Gasteiger partial charge in [0.2, 0.25) is 0 Å². The Bertz CT molecular complexity index is 654. The smallest absolute Gasteiger partial charge is 0.256 e. The molecular formula is C16H21N3O. The standard InChI is InChI=1S/C16H21N3O/c1-4-5-13-15(17)18-14(19-16(13)20)9-12-7-10(2)6-11(3)8-12/h6-8H,4-5,9H2,1-3H3,(H3,17,18,19,20). The number of nitrogen functional groups attached to an aromatic ring is 1. The van der Waals surface area contributed by atoms with Crippen molar-refractivity contribution in [3.63, 3.8) is 0 Å². The van der Waals surface area contributed by atoms with Gasteiger partial charge < -0.3 is 10.7 Å². The second-order valence-corrected chi connectivity index (χ2v) is 5.30. The second kappa shape index (κ2) is 5.90. The number of hydrogen-bond acceptors (Lipinski definition) is 3. The van der Waals surface area contributed by atoms with E-state index in [4.69, 9.17) is 5.73 Å². The van der Waals surface area contributed by atoms with Gasteiger partial charge in [-0.05, 0) is 25.8 Å². The maximum absolute atomic E-state index is 12.0. The Labute approximate surface area is 119 Å². The Morgan fingerprint density at radius 2 is 1.85 bits per heavy atom. The molecule has 0 fully saturated rings. The molecule has 0 unspecified atom stereocenters. The summed E-state index contributed by atoms with van der Waals surface area (Å²) in [4.78, 5) is 19.2. The number of aromatic amines is 1. The molecule has 1 aromatic heterocycles. The highest BCUT2D eigenvalue weighted by Gasteiger charge is 2.09. The average Bonchev–Trinajstić information content (AvgIpc) is 2.32. The summed E-state index contributed by atoms with van der Waals surface area (Å²) in [5.41, 5.74) is 9.92. The lowest BCUT2D eigenvalue weighted by Gasteiger charge is -2.08. The summed E-state index contributed by atoms with van der Waals surface area (Å²) >= 11 is 0. The lowest BCUT2D eigenvalue weighted by Crippen LogP contribution is -2.20. The van der Waals surface area contributed by atoms with Crippen LogP contribution < -0.4 is 11.3 Å². The minimum absolute atomic E-state index is 0.112. The lowest BCUT2D eigenvalue weighted by molar-refractivity contribution is 0.862. The molecule has 2 rings (SSSR count). The van der Waals surface area contributed by atoms with E-state index in [0.717, 1.165) is 12.0 Å². The maximum Gasteiger partial charge on any atom is 0.256 e. The first-order valence-corrected chi connectivity index (χ1v) is 6.94. The van der Waals surface area contributed by atoms with Crippen LogP contribution >= 0.6 is 0 Å². The van der Waals surface area contributed by atoms with Crippen molar-refractivity contribution in [2.45, 2.75) is 40.0 Å². The van der Waals surface area contributed by atoms with Crippen LogP contribution in [-0.2, 0) is 12.8 Å². The molecule has 0 saturated carbocycles. The third-order valence-electron chi connectivity index (χ3n) is 3.25. The van der Waals surface area contributed by atoms with Crippen LogP contribution in [0.15, 0.2) is 23.0 Å².